The number of hydrogen-bond acceptors (Lipinski definition) is 2. The van der Waals surface area contributed by atoms with Crippen molar-refractivity contribution in [1.82, 2.24) is 0 Å². The molecule has 0 unspecified atom stereocenters. The lowest BCUT2D eigenvalue weighted by molar-refractivity contribution is -0.115. The highest BCUT2D eigenvalue weighted by Gasteiger charge is 2.17. The molecule has 6 heteroatoms. The third-order valence-corrected chi connectivity index (χ3v) is 4.05. The van der Waals surface area contributed by atoms with Gasteiger partial charge in [0.1, 0.15) is 11.6 Å². The molecule has 0 spiro atoms. The summed E-state index contributed by atoms with van der Waals surface area (Å²) in [4.78, 5) is 12.3. The van der Waals surface area contributed by atoms with Crippen molar-refractivity contribution < 1.29 is 13.6 Å². The number of thioether (sulfide) groups is 1. The first-order valence-electron chi connectivity index (χ1n) is 6.14. The largest absolute Gasteiger partial charge is 0.325 e. The molecule has 2 aromatic rings. The van der Waals surface area contributed by atoms with Crippen LogP contribution in [0.5, 0.6) is 0 Å². The fourth-order valence-electron chi connectivity index (χ4n) is 1.62. The summed E-state index contributed by atoms with van der Waals surface area (Å²) in [5, 5.41) is 2.67. The first-order chi connectivity index (χ1) is 9.95. The molecule has 0 heterocycles. The molecule has 1 amide bonds. The smallest absolute Gasteiger partial charge is 0.237 e. The van der Waals surface area contributed by atoms with Crippen LogP contribution in [0.15, 0.2) is 47.4 Å². The molecule has 0 saturated carbocycles. The van der Waals surface area contributed by atoms with Crippen LogP contribution in [0.2, 0.25) is 5.02 Å². The molecule has 2 rings (SSSR count). The molecule has 0 aromatic heterocycles. The number of hydrogen-bond donors (Lipinski definition) is 1. The van der Waals surface area contributed by atoms with Crippen molar-refractivity contribution in [1.29, 1.82) is 0 Å². The topological polar surface area (TPSA) is 29.1 Å². The highest BCUT2D eigenvalue weighted by Crippen LogP contribution is 2.27. The summed E-state index contributed by atoms with van der Waals surface area (Å²) in [5.41, 5.74) is 0.569. The molecule has 1 atom stereocenters. The number of carbonyl (C=O) groups is 1. The third kappa shape index (κ3) is 4.44. The molecule has 0 aliphatic carbocycles. The summed E-state index contributed by atoms with van der Waals surface area (Å²) in [7, 11) is 0. The van der Waals surface area contributed by atoms with E-state index in [4.69, 9.17) is 11.6 Å². The van der Waals surface area contributed by atoms with E-state index < -0.39 is 16.9 Å². The molecule has 0 saturated heterocycles. The van der Waals surface area contributed by atoms with Gasteiger partial charge in [-0.25, -0.2) is 8.78 Å². The molecule has 110 valence electrons. The third-order valence-electron chi connectivity index (χ3n) is 2.66. The Bertz CT molecular complexity index is 666. The lowest BCUT2D eigenvalue weighted by Crippen LogP contribution is -2.22. The van der Waals surface area contributed by atoms with Crippen LogP contribution < -0.4 is 5.32 Å². The van der Waals surface area contributed by atoms with Gasteiger partial charge in [-0.2, -0.15) is 0 Å². The second-order valence-electron chi connectivity index (χ2n) is 4.33. The molecule has 0 fully saturated rings. The molecule has 0 aliphatic heterocycles. The van der Waals surface area contributed by atoms with Crippen LogP contribution in [-0.4, -0.2) is 11.2 Å². The molecular weight excluding hydrogens is 316 g/mol. The number of nitrogens with one attached hydrogen (secondary N) is 1. The standard InChI is InChI=1S/C15H12ClF2NOS/c1-9(21-14-6-5-11(17)8-13(14)18)15(20)19-12-4-2-3-10(16)7-12/h2-9H,1H3,(H,19,20)/t9-/m1/s1. The maximum atomic E-state index is 13.5. The second kappa shape index (κ2) is 6.91. The van der Waals surface area contributed by atoms with E-state index in [1.54, 1.807) is 31.2 Å². The Labute approximate surface area is 130 Å². The molecule has 21 heavy (non-hydrogen) atoms. The minimum Gasteiger partial charge on any atom is -0.325 e. The van der Waals surface area contributed by atoms with Gasteiger partial charge < -0.3 is 5.32 Å². The van der Waals surface area contributed by atoms with Crippen molar-refractivity contribution in [2.45, 2.75) is 17.1 Å². The Morgan fingerprint density at radius 3 is 2.67 bits per heavy atom. The Hall–Kier alpha value is -1.59. The van der Waals surface area contributed by atoms with Crippen LogP contribution >= 0.6 is 23.4 Å². The summed E-state index contributed by atoms with van der Waals surface area (Å²) in [6.07, 6.45) is 0. The summed E-state index contributed by atoms with van der Waals surface area (Å²) in [6, 6.07) is 10.0. The molecular formula is C15H12ClF2NOS. The van der Waals surface area contributed by atoms with Gasteiger partial charge in [0.05, 0.1) is 5.25 Å². The van der Waals surface area contributed by atoms with Crippen LogP contribution in [0, 0.1) is 11.6 Å². The molecule has 2 aromatic carbocycles. The zero-order chi connectivity index (χ0) is 15.4. The van der Waals surface area contributed by atoms with Gasteiger partial charge in [-0.15, -0.1) is 11.8 Å². The number of amides is 1. The van der Waals surface area contributed by atoms with Crippen molar-refractivity contribution >= 4 is 35.0 Å². The van der Waals surface area contributed by atoms with E-state index in [1.807, 2.05) is 0 Å². The Kier molecular flexibility index (Phi) is 5.20. The van der Waals surface area contributed by atoms with E-state index in [2.05, 4.69) is 5.32 Å². The van der Waals surface area contributed by atoms with Crippen molar-refractivity contribution in [2.24, 2.45) is 0 Å². The fraction of sp³-hybridized carbons (Fsp3) is 0.133. The average Bonchev–Trinajstić information content (AvgIpc) is 2.41. The highest BCUT2D eigenvalue weighted by atomic mass is 35.5. The Morgan fingerprint density at radius 2 is 2.00 bits per heavy atom. The maximum Gasteiger partial charge on any atom is 0.237 e. The van der Waals surface area contributed by atoms with E-state index >= 15 is 0 Å². The predicted octanol–water partition coefficient (Wildman–Crippen LogP) is 4.74. The molecule has 0 bridgehead atoms. The van der Waals surface area contributed by atoms with E-state index in [0.717, 1.165) is 23.9 Å². The van der Waals surface area contributed by atoms with Crippen LogP contribution in [0.4, 0.5) is 14.5 Å². The van der Waals surface area contributed by atoms with Crippen LogP contribution in [-0.2, 0) is 4.79 Å². The molecule has 0 aliphatic rings. The lowest BCUT2D eigenvalue weighted by atomic mass is 10.3. The van der Waals surface area contributed by atoms with E-state index in [-0.39, 0.29) is 10.8 Å². The fourth-order valence-corrected chi connectivity index (χ4v) is 2.68. The first-order valence-corrected chi connectivity index (χ1v) is 7.39. The number of carbonyl (C=O) groups excluding carboxylic acids is 1. The monoisotopic (exact) mass is 327 g/mol. The van der Waals surface area contributed by atoms with Gasteiger partial charge in [-0.05, 0) is 37.3 Å². The quantitative estimate of drug-likeness (QED) is 0.822. The van der Waals surface area contributed by atoms with Crippen molar-refractivity contribution in [2.75, 3.05) is 5.32 Å². The van der Waals surface area contributed by atoms with E-state index in [9.17, 15) is 13.6 Å². The Balaban J connectivity index is 2.02. The Morgan fingerprint density at radius 1 is 1.24 bits per heavy atom. The van der Waals surface area contributed by atoms with Gasteiger partial charge in [0.2, 0.25) is 5.91 Å². The van der Waals surface area contributed by atoms with E-state index in [0.29, 0.717) is 10.7 Å². The molecule has 0 radical (unpaired) electrons. The minimum absolute atomic E-state index is 0.227. The number of halogens is 3. The number of anilines is 1. The average molecular weight is 328 g/mol. The first kappa shape index (κ1) is 15.8. The lowest BCUT2D eigenvalue weighted by Gasteiger charge is -2.12. The van der Waals surface area contributed by atoms with Gasteiger partial charge in [-0.3, -0.25) is 4.79 Å². The van der Waals surface area contributed by atoms with Gasteiger partial charge in [0.15, 0.2) is 0 Å². The van der Waals surface area contributed by atoms with Gasteiger partial charge >= 0.3 is 0 Å². The summed E-state index contributed by atoms with van der Waals surface area (Å²) >= 11 is 6.86. The molecule has 2 nitrogen and oxygen atoms in total. The van der Waals surface area contributed by atoms with Crippen molar-refractivity contribution in [3.8, 4) is 0 Å². The predicted molar refractivity (Wildman–Crippen MR) is 81.8 cm³/mol. The highest BCUT2D eigenvalue weighted by molar-refractivity contribution is 8.00. The van der Waals surface area contributed by atoms with Gasteiger partial charge in [0.25, 0.3) is 0 Å². The van der Waals surface area contributed by atoms with Crippen molar-refractivity contribution in [3.63, 3.8) is 0 Å². The SMILES string of the molecule is C[C@@H](Sc1ccc(F)cc1F)C(=O)Nc1cccc(Cl)c1. The zero-order valence-corrected chi connectivity index (χ0v) is 12.6. The summed E-state index contributed by atoms with van der Waals surface area (Å²) in [6.45, 7) is 1.65. The minimum atomic E-state index is -0.678. The number of rotatable bonds is 4. The van der Waals surface area contributed by atoms with Crippen LogP contribution in [0.1, 0.15) is 6.92 Å². The normalized spacial score (nSPS) is 12.0. The van der Waals surface area contributed by atoms with Crippen molar-refractivity contribution in [3.05, 3.63) is 59.1 Å². The number of benzene rings is 2. The summed E-state index contributed by atoms with van der Waals surface area (Å²) in [5.74, 6) is -1.61. The van der Waals surface area contributed by atoms with E-state index in [1.165, 1.54) is 6.07 Å². The maximum absolute atomic E-state index is 13.5. The molecule has 1 N–H and O–H groups in total. The zero-order valence-electron chi connectivity index (χ0n) is 11.1. The summed E-state index contributed by atoms with van der Waals surface area (Å²) < 4.78 is 26.4. The van der Waals surface area contributed by atoms with Gasteiger partial charge in [-0.1, -0.05) is 17.7 Å². The second-order valence-corrected chi connectivity index (χ2v) is 6.15. The van der Waals surface area contributed by atoms with Crippen LogP contribution in [0.3, 0.4) is 0 Å². The van der Waals surface area contributed by atoms with Gasteiger partial charge in [0, 0.05) is 21.7 Å². The van der Waals surface area contributed by atoms with Crippen LogP contribution in [0.25, 0.3) is 0 Å².